The summed E-state index contributed by atoms with van der Waals surface area (Å²) in [6.07, 6.45) is 2.80. The number of amides is 1. The van der Waals surface area contributed by atoms with E-state index in [1.165, 1.54) is 13.2 Å². The number of carbonyl (C=O) groups is 1. The van der Waals surface area contributed by atoms with Crippen LogP contribution in [-0.4, -0.2) is 44.2 Å². The lowest BCUT2D eigenvalue weighted by molar-refractivity contribution is -0.133. The Balaban J connectivity index is 1.72. The molecule has 122 valence electrons. The monoisotopic (exact) mass is 309 g/mol. The van der Waals surface area contributed by atoms with Crippen molar-refractivity contribution in [3.8, 4) is 0 Å². The Labute approximate surface area is 130 Å². The number of ether oxygens (including phenoxy) is 1. The first-order valence-electron chi connectivity index (χ1n) is 7.59. The Hall–Kier alpha value is -1.50. The Morgan fingerprint density at radius 1 is 1.45 bits per heavy atom. The maximum atomic E-state index is 13.3. The fourth-order valence-corrected chi connectivity index (χ4v) is 2.69. The molecule has 1 saturated heterocycles. The normalized spacial score (nSPS) is 21.0. The standard InChI is InChI=1S/C16H24FN3O2/c1-20(16(21)11-22-2)8-4-7-14-10-15(19-18-14)12-5-3-6-13(17)9-12/h3,5-6,9,14-15,18-19H,4,7-8,10-11H2,1-2H3. The van der Waals surface area contributed by atoms with Crippen molar-refractivity contribution in [3.05, 3.63) is 35.6 Å². The first kappa shape index (κ1) is 16.9. The summed E-state index contributed by atoms with van der Waals surface area (Å²) in [6.45, 7) is 0.840. The van der Waals surface area contributed by atoms with Crippen LogP contribution in [0.3, 0.4) is 0 Å². The summed E-state index contributed by atoms with van der Waals surface area (Å²) in [7, 11) is 3.31. The third-order valence-electron chi connectivity index (χ3n) is 3.97. The highest BCUT2D eigenvalue weighted by Gasteiger charge is 2.24. The summed E-state index contributed by atoms with van der Waals surface area (Å²) in [5.74, 6) is -0.210. The van der Waals surface area contributed by atoms with Gasteiger partial charge in [0.25, 0.3) is 0 Å². The molecule has 22 heavy (non-hydrogen) atoms. The summed E-state index contributed by atoms with van der Waals surface area (Å²) in [5.41, 5.74) is 7.43. The highest BCUT2D eigenvalue weighted by Crippen LogP contribution is 2.24. The van der Waals surface area contributed by atoms with Crippen molar-refractivity contribution in [2.45, 2.75) is 31.3 Å². The number of carbonyl (C=O) groups excluding carboxylic acids is 1. The molecule has 2 N–H and O–H groups in total. The van der Waals surface area contributed by atoms with E-state index in [0.717, 1.165) is 24.8 Å². The van der Waals surface area contributed by atoms with Crippen molar-refractivity contribution in [3.63, 3.8) is 0 Å². The van der Waals surface area contributed by atoms with Crippen molar-refractivity contribution in [1.82, 2.24) is 15.8 Å². The van der Waals surface area contributed by atoms with Gasteiger partial charge in [0.2, 0.25) is 5.91 Å². The van der Waals surface area contributed by atoms with Crippen molar-refractivity contribution >= 4 is 5.91 Å². The summed E-state index contributed by atoms with van der Waals surface area (Å²) < 4.78 is 18.1. The van der Waals surface area contributed by atoms with Gasteiger partial charge in [0.1, 0.15) is 12.4 Å². The Morgan fingerprint density at radius 2 is 2.27 bits per heavy atom. The van der Waals surface area contributed by atoms with Crippen molar-refractivity contribution in [2.24, 2.45) is 0 Å². The SMILES string of the molecule is COCC(=O)N(C)CCCC1CC(c2cccc(F)c2)NN1. The van der Waals surface area contributed by atoms with Gasteiger partial charge < -0.3 is 9.64 Å². The zero-order valence-electron chi connectivity index (χ0n) is 13.1. The molecule has 6 heteroatoms. The van der Waals surface area contributed by atoms with Gasteiger partial charge in [-0.2, -0.15) is 0 Å². The van der Waals surface area contributed by atoms with E-state index in [9.17, 15) is 9.18 Å². The topological polar surface area (TPSA) is 53.6 Å². The van der Waals surface area contributed by atoms with Gasteiger partial charge in [-0.1, -0.05) is 12.1 Å². The summed E-state index contributed by atoms with van der Waals surface area (Å²) in [6, 6.07) is 7.15. The molecule has 1 aromatic carbocycles. The summed E-state index contributed by atoms with van der Waals surface area (Å²) >= 11 is 0. The molecule has 1 fully saturated rings. The van der Waals surface area contributed by atoms with E-state index >= 15 is 0 Å². The molecule has 1 aliphatic rings. The van der Waals surface area contributed by atoms with Crippen LogP contribution < -0.4 is 10.9 Å². The minimum atomic E-state index is -0.207. The van der Waals surface area contributed by atoms with Gasteiger partial charge in [0.05, 0.1) is 0 Å². The predicted octanol–water partition coefficient (Wildman–Crippen LogP) is 1.62. The zero-order chi connectivity index (χ0) is 15.9. The molecule has 0 spiro atoms. The number of hydrogen-bond donors (Lipinski definition) is 2. The van der Waals surface area contributed by atoms with E-state index in [0.29, 0.717) is 12.6 Å². The molecule has 1 aliphatic heterocycles. The Morgan fingerprint density at radius 3 is 3.00 bits per heavy atom. The van der Waals surface area contributed by atoms with E-state index < -0.39 is 0 Å². The number of halogens is 1. The smallest absolute Gasteiger partial charge is 0.248 e. The number of nitrogens with one attached hydrogen (secondary N) is 2. The number of hydrazine groups is 1. The second-order valence-electron chi connectivity index (χ2n) is 5.72. The van der Waals surface area contributed by atoms with Crippen LogP contribution in [0.25, 0.3) is 0 Å². The van der Waals surface area contributed by atoms with Crippen LogP contribution in [0, 0.1) is 5.82 Å². The van der Waals surface area contributed by atoms with Crippen molar-refractivity contribution < 1.29 is 13.9 Å². The number of benzene rings is 1. The molecule has 2 unspecified atom stereocenters. The quantitative estimate of drug-likeness (QED) is 0.804. The second kappa shape index (κ2) is 8.22. The molecule has 1 aromatic rings. The third-order valence-corrected chi connectivity index (χ3v) is 3.97. The van der Waals surface area contributed by atoms with E-state index in [1.54, 1.807) is 24.1 Å². The van der Waals surface area contributed by atoms with Crippen LogP contribution in [0.5, 0.6) is 0 Å². The molecule has 0 radical (unpaired) electrons. The number of likely N-dealkylation sites (N-methyl/N-ethyl adjacent to an activating group) is 1. The van der Waals surface area contributed by atoms with E-state index in [4.69, 9.17) is 4.74 Å². The van der Waals surface area contributed by atoms with Crippen LogP contribution >= 0.6 is 0 Å². The molecule has 0 bridgehead atoms. The van der Waals surface area contributed by atoms with Crippen LogP contribution in [0.2, 0.25) is 0 Å². The van der Waals surface area contributed by atoms with E-state index in [-0.39, 0.29) is 24.4 Å². The largest absolute Gasteiger partial charge is 0.375 e. The lowest BCUT2D eigenvalue weighted by Crippen LogP contribution is -2.33. The molecule has 0 saturated carbocycles. The maximum Gasteiger partial charge on any atom is 0.248 e. The number of hydrogen-bond acceptors (Lipinski definition) is 4. The van der Waals surface area contributed by atoms with E-state index in [2.05, 4.69) is 10.9 Å². The van der Waals surface area contributed by atoms with Crippen LogP contribution in [0.15, 0.2) is 24.3 Å². The van der Waals surface area contributed by atoms with Crippen LogP contribution in [0.1, 0.15) is 30.9 Å². The summed E-state index contributed by atoms with van der Waals surface area (Å²) in [4.78, 5) is 13.3. The molecule has 1 heterocycles. The zero-order valence-corrected chi connectivity index (χ0v) is 13.1. The molecule has 1 amide bonds. The van der Waals surface area contributed by atoms with Crippen LogP contribution in [-0.2, 0) is 9.53 Å². The molecule has 5 nitrogen and oxygen atoms in total. The molecular formula is C16H24FN3O2. The molecule has 2 rings (SSSR count). The highest BCUT2D eigenvalue weighted by molar-refractivity contribution is 5.77. The van der Waals surface area contributed by atoms with Gasteiger partial charge in [0.15, 0.2) is 0 Å². The average molecular weight is 309 g/mol. The second-order valence-corrected chi connectivity index (χ2v) is 5.72. The Bertz CT molecular complexity index is 498. The summed E-state index contributed by atoms with van der Waals surface area (Å²) in [5, 5.41) is 0. The lowest BCUT2D eigenvalue weighted by Gasteiger charge is -2.17. The maximum absolute atomic E-state index is 13.3. The molecule has 0 aliphatic carbocycles. The fourth-order valence-electron chi connectivity index (χ4n) is 2.69. The van der Waals surface area contributed by atoms with Crippen molar-refractivity contribution in [2.75, 3.05) is 27.3 Å². The first-order valence-corrected chi connectivity index (χ1v) is 7.59. The minimum Gasteiger partial charge on any atom is -0.375 e. The minimum absolute atomic E-state index is 0.00218. The van der Waals surface area contributed by atoms with Gasteiger partial charge in [-0.3, -0.25) is 15.6 Å². The van der Waals surface area contributed by atoms with Gasteiger partial charge in [-0.25, -0.2) is 4.39 Å². The third kappa shape index (κ3) is 4.76. The van der Waals surface area contributed by atoms with Gasteiger partial charge in [0, 0.05) is 32.8 Å². The fraction of sp³-hybridized carbons (Fsp3) is 0.562. The lowest BCUT2D eigenvalue weighted by atomic mass is 9.99. The Kier molecular flexibility index (Phi) is 6.30. The predicted molar refractivity (Wildman–Crippen MR) is 82.6 cm³/mol. The van der Waals surface area contributed by atoms with E-state index in [1.807, 2.05) is 6.07 Å². The number of nitrogens with zero attached hydrogens (tertiary/aromatic N) is 1. The van der Waals surface area contributed by atoms with Gasteiger partial charge in [-0.05, 0) is 37.0 Å². The molecule has 0 aromatic heterocycles. The van der Waals surface area contributed by atoms with Crippen LogP contribution in [0.4, 0.5) is 4.39 Å². The van der Waals surface area contributed by atoms with Crippen molar-refractivity contribution in [1.29, 1.82) is 0 Å². The molecular weight excluding hydrogens is 285 g/mol. The number of methoxy groups -OCH3 is 1. The molecule has 2 atom stereocenters. The highest BCUT2D eigenvalue weighted by atomic mass is 19.1. The van der Waals surface area contributed by atoms with Gasteiger partial charge in [-0.15, -0.1) is 0 Å². The number of rotatable bonds is 7. The van der Waals surface area contributed by atoms with Gasteiger partial charge >= 0.3 is 0 Å². The average Bonchev–Trinajstić information content (AvgIpc) is 2.96. The first-order chi connectivity index (χ1) is 10.6.